The SMILES string of the molecule is COc1cccc(C(CC(N)=O)N2C(=O)C3C4C=CC(C4)C3C2=O)c1. The van der Waals surface area contributed by atoms with E-state index in [0.717, 1.165) is 6.42 Å². The van der Waals surface area contributed by atoms with Crippen LogP contribution in [0.25, 0.3) is 0 Å². The third kappa shape index (κ3) is 2.35. The zero-order valence-electron chi connectivity index (χ0n) is 13.9. The second kappa shape index (κ2) is 5.72. The van der Waals surface area contributed by atoms with Gasteiger partial charge in [-0.1, -0.05) is 24.3 Å². The van der Waals surface area contributed by atoms with E-state index in [1.165, 1.54) is 4.90 Å². The number of hydrogen-bond donors (Lipinski definition) is 1. The molecule has 6 heteroatoms. The highest BCUT2D eigenvalue weighted by Crippen LogP contribution is 2.54. The zero-order chi connectivity index (χ0) is 17.7. The van der Waals surface area contributed by atoms with Gasteiger partial charge in [-0.05, 0) is 36.0 Å². The van der Waals surface area contributed by atoms with Gasteiger partial charge in [-0.25, -0.2) is 0 Å². The van der Waals surface area contributed by atoms with E-state index in [-0.39, 0.29) is 41.9 Å². The van der Waals surface area contributed by atoms with Crippen LogP contribution in [0.3, 0.4) is 0 Å². The number of carbonyl (C=O) groups excluding carboxylic acids is 3. The van der Waals surface area contributed by atoms with Crippen LogP contribution in [0.4, 0.5) is 0 Å². The minimum absolute atomic E-state index is 0.0904. The van der Waals surface area contributed by atoms with Gasteiger partial charge < -0.3 is 10.5 Å². The molecule has 130 valence electrons. The molecule has 0 radical (unpaired) electrons. The van der Waals surface area contributed by atoms with E-state index in [4.69, 9.17) is 10.5 Å². The first kappa shape index (κ1) is 15.9. The van der Waals surface area contributed by atoms with E-state index >= 15 is 0 Å². The zero-order valence-corrected chi connectivity index (χ0v) is 13.9. The maximum Gasteiger partial charge on any atom is 0.234 e. The molecule has 5 atom stereocenters. The summed E-state index contributed by atoms with van der Waals surface area (Å²) < 4.78 is 5.23. The summed E-state index contributed by atoms with van der Waals surface area (Å²) >= 11 is 0. The number of allylic oxidation sites excluding steroid dienone is 2. The first-order valence-corrected chi connectivity index (χ1v) is 8.48. The molecule has 5 unspecified atom stereocenters. The first-order valence-electron chi connectivity index (χ1n) is 8.48. The molecule has 1 saturated carbocycles. The number of nitrogens with two attached hydrogens (primary N) is 1. The number of methoxy groups -OCH3 is 1. The lowest BCUT2D eigenvalue weighted by Gasteiger charge is -2.27. The largest absolute Gasteiger partial charge is 0.497 e. The Bertz CT molecular complexity index is 757. The quantitative estimate of drug-likeness (QED) is 0.648. The number of likely N-dealkylation sites (tertiary alicyclic amines) is 1. The van der Waals surface area contributed by atoms with Crippen molar-refractivity contribution in [2.24, 2.45) is 29.4 Å². The van der Waals surface area contributed by atoms with E-state index in [9.17, 15) is 14.4 Å². The van der Waals surface area contributed by atoms with Gasteiger partial charge in [-0.2, -0.15) is 0 Å². The Morgan fingerprint density at radius 1 is 1.24 bits per heavy atom. The molecule has 1 heterocycles. The molecule has 1 saturated heterocycles. The molecule has 25 heavy (non-hydrogen) atoms. The molecule has 2 aliphatic carbocycles. The number of hydrogen-bond acceptors (Lipinski definition) is 4. The summed E-state index contributed by atoms with van der Waals surface area (Å²) in [6.07, 6.45) is 4.89. The van der Waals surface area contributed by atoms with Crippen LogP contribution in [0.15, 0.2) is 36.4 Å². The smallest absolute Gasteiger partial charge is 0.234 e. The summed E-state index contributed by atoms with van der Waals surface area (Å²) in [5, 5.41) is 0. The Morgan fingerprint density at radius 2 is 1.88 bits per heavy atom. The fourth-order valence-electron chi connectivity index (χ4n) is 4.63. The maximum absolute atomic E-state index is 13.0. The van der Waals surface area contributed by atoms with Crippen molar-refractivity contribution in [1.82, 2.24) is 4.90 Å². The van der Waals surface area contributed by atoms with Crippen molar-refractivity contribution in [2.45, 2.75) is 18.9 Å². The molecule has 1 aliphatic heterocycles. The summed E-state index contributed by atoms with van der Waals surface area (Å²) in [7, 11) is 1.54. The Hall–Kier alpha value is -2.63. The Kier molecular flexibility index (Phi) is 3.63. The Balaban J connectivity index is 1.72. The number of carbonyl (C=O) groups is 3. The van der Waals surface area contributed by atoms with Gasteiger partial charge in [0.1, 0.15) is 5.75 Å². The maximum atomic E-state index is 13.0. The molecule has 0 spiro atoms. The Morgan fingerprint density at radius 3 is 2.44 bits per heavy atom. The van der Waals surface area contributed by atoms with E-state index < -0.39 is 11.9 Å². The van der Waals surface area contributed by atoms with Crippen molar-refractivity contribution >= 4 is 17.7 Å². The monoisotopic (exact) mass is 340 g/mol. The van der Waals surface area contributed by atoms with Crippen LogP contribution in [0.1, 0.15) is 24.4 Å². The predicted octanol–water partition coefficient (Wildman–Crippen LogP) is 1.42. The van der Waals surface area contributed by atoms with E-state index in [1.54, 1.807) is 31.4 Å². The molecule has 1 aromatic rings. The molecule has 6 nitrogen and oxygen atoms in total. The fourth-order valence-corrected chi connectivity index (χ4v) is 4.63. The number of primary amides is 1. The van der Waals surface area contributed by atoms with Crippen molar-refractivity contribution in [2.75, 3.05) is 7.11 Å². The van der Waals surface area contributed by atoms with Gasteiger partial charge in [-0.3, -0.25) is 19.3 Å². The molecule has 1 aromatic carbocycles. The number of imide groups is 1. The summed E-state index contributed by atoms with van der Waals surface area (Å²) in [4.78, 5) is 39.0. The highest BCUT2D eigenvalue weighted by Gasteiger charge is 2.60. The van der Waals surface area contributed by atoms with E-state index in [1.807, 2.05) is 0 Å². The molecule has 2 bridgehead atoms. The lowest BCUT2D eigenvalue weighted by molar-refractivity contribution is -0.144. The van der Waals surface area contributed by atoms with Crippen molar-refractivity contribution in [3.05, 3.63) is 42.0 Å². The van der Waals surface area contributed by atoms with Gasteiger partial charge >= 0.3 is 0 Å². The molecule has 4 rings (SSSR count). The number of benzene rings is 1. The molecular weight excluding hydrogens is 320 g/mol. The van der Waals surface area contributed by atoms with Crippen LogP contribution < -0.4 is 10.5 Å². The number of fused-ring (bicyclic) bond motifs is 5. The second-order valence-electron chi connectivity index (χ2n) is 7.01. The number of rotatable bonds is 5. The highest BCUT2D eigenvalue weighted by atomic mass is 16.5. The van der Waals surface area contributed by atoms with E-state index in [2.05, 4.69) is 12.2 Å². The molecule has 2 fully saturated rings. The lowest BCUT2D eigenvalue weighted by Crippen LogP contribution is -2.38. The average Bonchev–Trinajstić information content (AvgIpc) is 3.27. The fraction of sp³-hybridized carbons (Fsp3) is 0.421. The van der Waals surface area contributed by atoms with Gasteiger partial charge in [0.25, 0.3) is 0 Å². The number of amides is 3. The van der Waals surface area contributed by atoms with Crippen LogP contribution in [0.2, 0.25) is 0 Å². The molecule has 2 N–H and O–H groups in total. The lowest BCUT2D eigenvalue weighted by atomic mass is 9.85. The van der Waals surface area contributed by atoms with Gasteiger partial charge in [0.2, 0.25) is 17.7 Å². The Labute approximate surface area is 145 Å². The van der Waals surface area contributed by atoms with Crippen molar-refractivity contribution in [3.63, 3.8) is 0 Å². The standard InChI is InChI=1S/C19H20N2O4/c1-25-13-4-2-3-10(8-13)14(9-15(20)22)21-18(23)16-11-5-6-12(7-11)17(16)19(21)24/h2-6,8,11-12,14,16-17H,7,9H2,1H3,(H2,20,22). The van der Waals surface area contributed by atoms with Crippen LogP contribution in [0.5, 0.6) is 5.75 Å². The molecule has 3 amide bonds. The van der Waals surface area contributed by atoms with Gasteiger partial charge in [-0.15, -0.1) is 0 Å². The minimum Gasteiger partial charge on any atom is -0.497 e. The van der Waals surface area contributed by atoms with Crippen LogP contribution in [-0.4, -0.2) is 29.7 Å². The van der Waals surface area contributed by atoms with Crippen molar-refractivity contribution in [1.29, 1.82) is 0 Å². The highest BCUT2D eigenvalue weighted by molar-refractivity contribution is 6.07. The van der Waals surface area contributed by atoms with Crippen molar-refractivity contribution in [3.8, 4) is 5.75 Å². The summed E-state index contributed by atoms with van der Waals surface area (Å²) in [5.41, 5.74) is 6.09. The third-order valence-electron chi connectivity index (χ3n) is 5.69. The third-order valence-corrected chi connectivity index (χ3v) is 5.69. The number of ether oxygens (including phenoxy) is 1. The minimum atomic E-state index is -0.683. The normalized spacial score (nSPS) is 30.7. The molecule has 0 aromatic heterocycles. The average molecular weight is 340 g/mol. The predicted molar refractivity (Wildman–Crippen MR) is 89.1 cm³/mol. The van der Waals surface area contributed by atoms with E-state index in [0.29, 0.717) is 11.3 Å². The second-order valence-corrected chi connectivity index (χ2v) is 7.01. The first-order chi connectivity index (χ1) is 12.0. The molecule has 3 aliphatic rings. The van der Waals surface area contributed by atoms with Gasteiger partial charge in [0, 0.05) is 0 Å². The van der Waals surface area contributed by atoms with Crippen LogP contribution in [-0.2, 0) is 14.4 Å². The summed E-state index contributed by atoms with van der Waals surface area (Å²) in [6, 6.07) is 6.40. The summed E-state index contributed by atoms with van der Waals surface area (Å²) in [6.45, 7) is 0. The molecular formula is C19H20N2O4. The van der Waals surface area contributed by atoms with Gasteiger partial charge in [0.05, 0.1) is 31.4 Å². The van der Waals surface area contributed by atoms with Gasteiger partial charge in [0.15, 0.2) is 0 Å². The van der Waals surface area contributed by atoms with Crippen molar-refractivity contribution < 1.29 is 19.1 Å². The summed E-state index contributed by atoms with van der Waals surface area (Å²) in [5.74, 6) is -0.611. The number of nitrogens with zero attached hydrogens (tertiary/aromatic N) is 1. The van der Waals surface area contributed by atoms with Crippen LogP contribution in [0, 0.1) is 23.7 Å². The topological polar surface area (TPSA) is 89.7 Å². The van der Waals surface area contributed by atoms with Crippen LogP contribution >= 0.6 is 0 Å².